The Morgan fingerprint density at radius 1 is 1.33 bits per heavy atom. The maximum atomic E-state index is 11.7. The minimum absolute atomic E-state index is 0.124. The smallest absolute Gasteiger partial charge is 0.305 e. The topological polar surface area (TPSA) is 57.6 Å². The molecule has 15 heavy (non-hydrogen) atoms. The van der Waals surface area contributed by atoms with Gasteiger partial charge in [-0.15, -0.1) is 0 Å². The van der Waals surface area contributed by atoms with E-state index in [1.807, 2.05) is 4.90 Å². The molecule has 4 heteroatoms. The largest absolute Gasteiger partial charge is 0.481 e. The molecule has 0 radical (unpaired) electrons. The first-order valence-corrected chi connectivity index (χ1v) is 5.66. The molecule has 4 nitrogen and oxygen atoms in total. The minimum Gasteiger partial charge on any atom is -0.481 e. The Balaban J connectivity index is 2.10. The van der Waals surface area contributed by atoms with Crippen LogP contribution in [0, 0.1) is 0 Å². The second-order valence-electron chi connectivity index (χ2n) is 4.65. The summed E-state index contributed by atoms with van der Waals surface area (Å²) in [7, 11) is 0. The van der Waals surface area contributed by atoms with Crippen LogP contribution in [0.2, 0.25) is 0 Å². The van der Waals surface area contributed by atoms with Crippen LogP contribution in [0.4, 0.5) is 0 Å². The van der Waals surface area contributed by atoms with Gasteiger partial charge >= 0.3 is 5.97 Å². The number of rotatable bonds is 3. The number of carboxylic acid groups (broad SMARTS) is 1. The van der Waals surface area contributed by atoms with Crippen molar-refractivity contribution in [3.05, 3.63) is 0 Å². The number of nitrogens with zero attached hydrogens (tertiary/aromatic N) is 1. The summed E-state index contributed by atoms with van der Waals surface area (Å²) in [6.45, 7) is 0.756. The number of likely N-dealkylation sites (tertiary alicyclic amines) is 1. The van der Waals surface area contributed by atoms with Gasteiger partial charge in [-0.3, -0.25) is 9.59 Å². The number of carboxylic acids is 1. The van der Waals surface area contributed by atoms with Gasteiger partial charge in [-0.2, -0.15) is 0 Å². The molecule has 0 aromatic rings. The normalized spacial score (nSPS) is 24.8. The highest BCUT2D eigenvalue weighted by molar-refractivity contribution is 5.79. The van der Waals surface area contributed by atoms with E-state index in [4.69, 9.17) is 5.11 Å². The van der Waals surface area contributed by atoms with Crippen molar-refractivity contribution in [2.24, 2.45) is 0 Å². The number of aliphatic carboxylic acids is 1. The summed E-state index contributed by atoms with van der Waals surface area (Å²) >= 11 is 0. The van der Waals surface area contributed by atoms with E-state index in [2.05, 4.69) is 0 Å². The predicted molar refractivity (Wildman–Crippen MR) is 54.4 cm³/mol. The minimum atomic E-state index is -0.784. The van der Waals surface area contributed by atoms with E-state index in [0.717, 1.165) is 38.6 Å². The molecule has 0 bridgehead atoms. The second kappa shape index (κ2) is 3.83. The first-order chi connectivity index (χ1) is 7.14. The zero-order chi connectivity index (χ0) is 10.9. The number of amides is 1. The SMILES string of the molecule is O=C(O)CC1(N2CCCCC2=O)CCC1. The molecule has 2 fully saturated rings. The Morgan fingerprint density at radius 2 is 2.07 bits per heavy atom. The molecular formula is C11H17NO3. The summed E-state index contributed by atoms with van der Waals surface area (Å²) in [6, 6.07) is 0. The molecule has 1 aliphatic carbocycles. The Morgan fingerprint density at radius 3 is 2.53 bits per heavy atom. The lowest BCUT2D eigenvalue weighted by Gasteiger charge is -2.51. The van der Waals surface area contributed by atoms with Gasteiger partial charge in [-0.05, 0) is 32.1 Å². The fourth-order valence-electron chi connectivity index (χ4n) is 2.72. The van der Waals surface area contributed by atoms with Gasteiger partial charge in [0.1, 0.15) is 0 Å². The molecular weight excluding hydrogens is 194 g/mol. The van der Waals surface area contributed by atoms with Crippen molar-refractivity contribution in [3.8, 4) is 0 Å². The van der Waals surface area contributed by atoms with Crippen molar-refractivity contribution in [1.82, 2.24) is 4.90 Å². The highest BCUT2D eigenvalue weighted by Crippen LogP contribution is 2.42. The van der Waals surface area contributed by atoms with E-state index in [0.29, 0.717) is 6.42 Å². The number of hydrogen-bond donors (Lipinski definition) is 1. The maximum Gasteiger partial charge on any atom is 0.305 e. The van der Waals surface area contributed by atoms with E-state index >= 15 is 0 Å². The average Bonchev–Trinajstić information content (AvgIpc) is 2.12. The molecule has 1 saturated carbocycles. The van der Waals surface area contributed by atoms with Crippen LogP contribution in [-0.2, 0) is 9.59 Å². The quantitative estimate of drug-likeness (QED) is 0.767. The summed E-state index contributed by atoms with van der Waals surface area (Å²) in [4.78, 5) is 24.4. The first-order valence-electron chi connectivity index (χ1n) is 5.66. The molecule has 1 heterocycles. The van der Waals surface area contributed by atoms with Crippen molar-refractivity contribution in [2.75, 3.05) is 6.54 Å². The van der Waals surface area contributed by atoms with E-state index in [9.17, 15) is 9.59 Å². The standard InChI is InChI=1S/C11H17NO3/c13-9-4-1-2-7-12(9)11(5-3-6-11)8-10(14)15/h1-8H2,(H,14,15). The van der Waals surface area contributed by atoms with Crippen LogP contribution in [0.5, 0.6) is 0 Å². The molecule has 2 aliphatic rings. The average molecular weight is 211 g/mol. The van der Waals surface area contributed by atoms with Crippen LogP contribution in [0.1, 0.15) is 44.9 Å². The lowest BCUT2D eigenvalue weighted by molar-refractivity contribution is -0.152. The highest BCUT2D eigenvalue weighted by atomic mass is 16.4. The van der Waals surface area contributed by atoms with Gasteiger partial charge in [-0.25, -0.2) is 0 Å². The van der Waals surface area contributed by atoms with Gasteiger partial charge in [0.2, 0.25) is 5.91 Å². The van der Waals surface area contributed by atoms with Gasteiger partial charge in [-0.1, -0.05) is 0 Å². The van der Waals surface area contributed by atoms with E-state index in [-0.39, 0.29) is 17.9 Å². The zero-order valence-corrected chi connectivity index (χ0v) is 8.87. The van der Waals surface area contributed by atoms with Gasteiger partial charge in [0.25, 0.3) is 0 Å². The number of hydrogen-bond acceptors (Lipinski definition) is 2. The Hall–Kier alpha value is -1.06. The highest BCUT2D eigenvalue weighted by Gasteiger charge is 2.46. The lowest BCUT2D eigenvalue weighted by atomic mass is 9.72. The van der Waals surface area contributed by atoms with Crippen LogP contribution < -0.4 is 0 Å². The monoisotopic (exact) mass is 211 g/mol. The van der Waals surface area contributed by atoms with Gasteiger partial charge < -0.3 is 10.0 Å². The molecule has 1 N–H and O–H groups in total. The van der Waals surface area contributed by atoms with Crippen LogP contribution >= 0.6 is 0 Å². The summed E-state index contributed by atoms with van der Waals surface area (Å²) in [6.07, 6.45) is 5.48. The third-order valence-electron chi connectivity index (χ3n) is 3.66. The molecule has 0 unspecified atom stereocenters. The summed E-state index contributed by atoms with van der Waals surface area (Å²) in [5.41, 5.74) is -0.330. The summed E-state index contributed by atoms with van der Waals surface area (Å²) in [5.74, 6) is -0.629. The number of carbonyl (C=O) groups is 2. The molecule has 0 aromatic heterocycles. The molecule has 84 valence electrons. The molecule has 0 atom stereocenters. The zero-order valence-electron chi connectivity index (χ0n) is 8.87. The molecule has 0 spiro atoms. The predicted octanol–water partition coefficient (Wildman–Crippen LogP) is 1.40. The lowest BCUT2D eigenvalue weighted by Crippen LogP contribution is -2.58. The first kappa shape index (κ1) is 10.5. The van der Waals surface area contributed by atoms with Crippen molar-refractivity contribution >= 4 is 11.9 Å². The van der Waals surface area contributed by atoms with Gasteiger partial charge in [0, 0.05) is 13.0 Å². The van der Waals surface area contributed by atoms with Crippen molar-refractivity contribution < 1.29 is 14.7 Å². The van der Waals surface area contributed by atoms with Crippen LogP contribution in [-0.4, -0.2) is 34.0 Å². The van der Waals surface area contributed by atoms with E-state index < -0.39 is 5.97 Å². The number of carbonyl (C=O) groups excluding carboxylic acids is 1. The Bertz CT molecular complexity index is 284. The van der Waals surface area contributed by atoms with Crippen molar-refractivity contribution in [2.45, 2.75) is 50.5 Å². The molecule has 0 aromatic carbocycles. The van der Waals surface area contributed by atoms with Crippen LogP contribution in [0.25, 0.3) is 0 Å². The van der Waals surface area contributed by atoms with Gasteiger partial charge in [0.15, 0.2) is 0 Å². The second-order valence-corrected chi connectivity index (χ2v) is 4.65. The third kappa shape index (κ3) is 1.85. The van der Waals surface area contributed by atoms with Crippen LogP contribution in [0.15, 0.2) is 0 Å². The van der Waals surface area contributed by atoms with Crippen molar-refractivity contribution in [3.63, 3.8) is 0 Å². The number of piperidine rings is 1. The maximum absolute atomic E-state index is 11.7. The van der Waals surface area contributed by atoms with E-state index in [1.54, 1.807) is 0 Å². The Kier molecular flexibility index (Phi) is 2.67. The molecule has 1 aliphatic heterocycles. The molecule has 2 rings (SSSR count). The third-order valence-corrected chi connectivity index (χ3v) is 3.66. The van der Waals surface area contributed by atoms with Gasteiger partial charge in [0.05, 0.1) is 12.0 Å². The molecule has 1 amide bonds. The fourth-order valence-corrected chi connectivity index (χ4v) is 2.72. The van der Waals surface area contributed by atoms with Crippen molar-refractivity contribution in [1.29, 1.82) is 0 Å². The summed E-state index contributed by atoms with van der Waals surface area (Å²) in [5, 5.41) is 8.89. The fraction of sp³-hybridized carbons (Fsp3) is 0.818. The Labute approximate surface area is 89.3 Å². The van der Waals surface area contributed by atoms with E-state index in [1.165, 1.54) is 0 Å². The molecule has 1 saturated heterocycles. The van der Waals surface area contributed by atoms with Crippen LogP contribution in [0.3, 0.4) is 0 Å². The summed E-state index contributed by atoms with van der Waals surface area (Å²) < 4.78 is 0.